The van der Waals surface area contributed by atoms with E-state index in [1.165, 1.54) is 5.56 Å². The number of ether oxygens (including phenoxy) is 2. The zero-order valence-electron chi connectivity index (χ0n) is 11.5. The molecule has 0 atom stereocenters. The Morgan fingerprint density at radius 1 is 1.06 bits per heavy atom. The second-order valence-electron chi connectivity index (χ2n) is 4.56. The van der Waals surface area contributed by atoms with Crippen molar-refractivity contribution in [2.24, 2.45) is 0 Å². The first-order valence-corrected chi connectivity index (χ1v) is 6.73. The predicted octanol–water partition coefficient (Wildman–Crippen LogP) is 2.61. The molecule has 18 heavy (non-hydrogen) atoms. The maximum atomic E-state index is 5.57. The molecular weight excluding hydrogens is 226 g/mol. The topological polar surface area (TPSA) is 30.5 Å². The Hall–Kier alpha value is -0.900. The van der Waals surface area contributed by atoms with Crippen molar-refractivity contribution in [1.82, 2.24) is 5.32 Å². The van der Waals surface area contributed by atoms with E-state index in [1.54, 1.807) is 0 Å². The van der Waals surface area contributed by atoms with Gasteiger partial charge in [0.25, 0.3) is 0 Å². The highest BCUT2D eigenvalue weighted by Gasteiger charge is 1.94. The van der Waals surface area contributed by atoms with Crippen LogP contribution in [0.1, 0.15) is 25.8 Å². The molecule has 0 heterocycles. The van der Waals surface area contributed by atoms with Crippen molar-refractivity contribution in [3.63, 3.8) is 0 Å². The Labute approximate surface area is 110 Å². The Bertz CT molecular complexity index is 288. The summed E-state index contributed by atoms with van der Waals surface area (Å²) in [5.41, 5.74) is 1.22. The average Bonchev–Trinajstić information content (AvgIpc) is 2.37. The van der Waals surface area contributed by atoms with E-state index in [9.17, 15) is 0 Å². The van der Waals surface area contributed by atoms with Crippen molar-refractivity contribution in [1.29, 1.82) is 0 Å². The summed E-state index contributed by atoms with van der Waals surface area (Å²) in [5.74, 6) is 0. The first-order valence-electron chi connectivity index (χ1n) is 6.73. The van der Waals surface area contributed by atoms with Crippen molar-refractivity contribution in [3.05, 3.63) is 35.9 Å². The molecule has 0 aromatic heterocycles. The molecule has 3 nitrogen and oxygen atoms in total. The van der Waals surface area contributed by atoms with Gasteiger partial charge in [-0.05, 0) is 32.4 Å². The van der Waals surface area contributed by atoms with Crippen LogP contribution < -0.4 is 5.32 Å². The molecule has 3 heteroatoms. The van der Waals surface area contributed by atoms with Crippen molar-refractivity contribution in [2.75, 3.05) is 26.3 Å². The van der Waals surface area contributed by atoms with Gasteiger partial charge >= 0.3 is 0 Å². The van der Waals surface area contributed by atoms with E-state index in [0.717, 1.165) is 32.7 Å². The van der Waals surface area contributed by atoms with Crippen molar-refractivity contribution in [3.8, 4) is 0 Å². The van der Waals surface area contributed by atoms with Crippen LogP contribution in [0.4, 0.5) is 0 Å². The molecule has 0 bridgehead atoms. The van der Waals surface area contributed by atoms with Gasteiger partial charge < -0.3 is 14.8 Å². The lowest BCUT2D eigenvalue weighted by atomic mass is 10.2. The Morgan fingerprint density at radius 2 is 1.83 bits per heavy atom. The summed E-state index contributed by atoms with van der Waals surface area (Å²) >= 11 is 0. The average molecular weight is 251 g/mol. The van der Waals surface area contributed by atoms with Crippen LogP contribution in [0.3, 0.4) is 0 Å². The van der Waals surface area contributed by atoms with Crippen molar-refractivity contribution < 1.29 is 9.47 Å². The minimum Gasteiger partial charge on any atom is -0.379 e. The molecule has 1 N–H and O–H groups in total. The quantitative estimate of drug-likeness (QED) is 0.648. The van der Waals surface area contributed by atoms with Gasteiger partial charge in [-0.2, -0.15) is 0 Å². The maximum absolute atomic E-state index is 5.57. The molecule has 0 aliphatic rings. The van der Waals surface area contributed by atoms with Gasteiger partial charge in [-0.3, -0.25) is 0 Å². The molecule has 0 radical (unpaired) electrons. The maximum Gasteiger partial charge on any atom is 0.0717 e. The zero-order valence-corrected chi connectivity index (χ0v) is 11.5. The third kappa shape index (κ3) is 8.23. The first-order chi connectivity index (χ1) is 8.79. The van der Waals surface area contributed by atoms with Gasteiger partial charge in [-0.25, -0.2) is 0 Å². The highest BCUT2D eigenvalue weighted by atomic mass is 16.5. The summed E-state index contributed by atoms with van der Waals surface area (Å²) in [7, 11) is 0. The fraction of sp³-hybridized carbons (Fsp3) is 0.600. The van der Waals surface area contributed by atoms with Crippen LogP contribution in [-0.4, -0.2) is 32.4 Å². The largest absolute Gasteiger partial charge is 0.379 e. The van der Waals surface area contributed by atoms with E-state index in [0.29, 0.717) is 12.7 Å². The van der Waals surface area contributed by atoms with Crippen LogP contribution in [-0.2, 0) is 16.1 Å². The van der Waals surface area contributed by atoms with Gasteiger partial charge in [0.15, 0.2) is 0 Å². The molecule has 1 aromatic rings. The van der Waals surface area contributed by atoms with E-state index in [-0.39, 0.29) is 0 Å². The van der Waals surface area contributed by atoms with Gasteiger partial charge in [-0.1, -0.05) is 30.3 Å². The molecule has 0 fully saturated rings. The second-order valence-corrected chi connectivity index (χ2v) is 4.56. The highest BCUT2D eigenvalue weighted by Crippen LogP contribution is 1.99. The number of rotatable bonds is 10. The van der Waals surface area contributed by atoms with E-state index < -0.39 is 0 Å². The van der Waals surface area contributed by atoms with E-state index in [2.05, 4.69) is 31.3 Å². The van der Waals surface area contributed by atoms with Gasteiger partial charge in [0.05, 0.1) is 19.3 Å². The molecule has 1 rings (SSSR count). The lowest BCUT2D eigenvalue weighted by Crippen LogP contribution is -2.22. The monoisotopic (exact) mass is 251 g/mol. The number of nitrogens with one attached hydrogen (secondary N) is 1. The Balaban J connectivity index is 1.84. The predicted molar refractivity (Wildman–Crippen MR) is 74.7 cm³/mol. The number of hydrogen-bond acceptors (Lipinski definition) is 3. The molecule has 0 amide bonds. The fourth-order valence-electron chi connectivity index (χ4n) is 1.55. The summed E-state index contributed by atoms with van der Waals surface area (Å²) in [5, 5.41) is 3.34. The van der Waals surface area contributed by atoms with Crippen LogP contribution in [0.15, 0.2) is 30.3 Å². The molecule has 0 aliphatic carbocycles. The highest BCUT2D eigenvalue weighted by molar-refractivity contribution is 5.13. The molecule has 0 aliphatic heterocycles. The first kappa shape index (κ1) is 15.2. The fourth-order valence-corrected chi connectivity index (χ4v) is 1.55. The smallest absolute Gasteiger partial charge is 0.0717 e. The molecule has 102 valence electrons. The third-order valence-electron chi connectivity index (χ3n) is 2.48. The Morgan fingerprint density at radius 3 is 2.56 bits per heavy atom. The minimum atomic E-state index is 0.333. The molecule has 1 aromatic carbocycles. The number of hydrogen-bond donors (Lipinski definition) is 1. The van der Waals surface area contributed by atoms with Gasteiger partial charge in [0.2, 0.25) is 0 Å². The summed E-state index contributed by atoms with van der Waals surface area (Å²) in [6.07, 6.45) is 1.39. The molecule has 0 saturated carbocycles. The normalized spacial score (nSPS) is 11.1. The lowest BCUT2D eigenvalue weighted by molar-refractivity contribution is 0.0761. The van der Waals surface area contributed by atoms with Crippen LogP contribution in [0.5, 0.6) is 0 Å². The van der Waals surface area contributed by atoms with Crippen molar-refractivity contribution >= 4 is 0 Å². The van der Waals surface area contributed by atoms with E-state index in [4.69, 9.17) is 9.47 Å². The second kappa shape index (κ2) is 10.1. The minimum absolute atomic E-state index is 0.333. The molecule has 0 saturated heterocycles. The van der Waals surface area contributed by atoms with Gasteiger partial charge in [-0.15, -0.1) is 0 Å². The van der Waals surface area contributed by atoms with Crippen LogP contribution >= 0.6 is 0 Å². The summed E-state index contributed by atoms with van der Waals surface area (Å²) in [6.45, 7) is 8.28. The third-order valence-corrected chi connectivity index (χ3v) is 2.48. The molecule has 0 unspecified atom stereocenters. The molecule has 0 spiro atoms. The summed E-state index contributed by atoms with van der Waals surface area (Å²) in [4.78, 5) is 0. The lowest BCUT2D eigenvalue weighted by Gasteiger charge is -2.08. The standard InChI is InChI=1S/C15H25NO2/c1-14(2)18-11-6-9-16-10-12-17-13-15-7-4-3-5-8-15/h3-5,7-8,14,16H,6,9-13H2,1-2H3. The van der Waals surface area contributed by atoms with Crippen LogP contribution in [0.2, 0.25) is 0 Å². The molecular formula is C15H25NO2. The van der Waals surface area contributed by atoms with Crippen LogP contribution in [0.25, 0.3) is 0 Å². The zero-order chi connectivity index (χ0) is 13.1. The summed E-state index contributed by atoms with van der Waals surface area (Å²) in [6, 6.07) is 10.2. The Kier molecular flexibility index (Phi) is 8.47. The van der Waals surface area contributed by atoms with E-state index in [1.807, 2.05) is 18.2 Å². The van der Waals surface area contributed by atoms with E-state index >= 15 is 0 Å². The number of benzene rings is 1. The summed E-state index contributed by atoms with van der Waals surface area (Å²) < 4.78 is 11.0. The SMILES string of the molecule is CC(C)OCCCNCCOCc1ccccc1. The van der Waals surface area contributed by atoms with Gasteiger partial charge in [0, 0.05) is 13.2 Å². The van der Waals surface area contributed by atoms with Gasteiger partial charge in [0.1, 0.15) is 0 Å². The van der Waals surface area contributed by atoms with Crippen LogP contribution in [0, 0.1) is 0 Å². The van der Waals surface area contributed by atoms with Crippen molar-refractivity contribution in [2.45, 2.75) is 33.0 Å².